The van der Waals surface area contributed by atoms with Crippen LogP contribution in [-0.2, 0) is 17.8 Å². The van der Waals surface area contributed by atoms with Crippen LogP contribution in [0.3, 0.4) is 0 Å². The second-order valence-electron chi connectivity index (χ2n) is 10.9. The number of carbonyl (C=O) groups is 4. The van der Waals surface area contributed by atoms with Crippen molar-refractivity contribution >= 4 is 46.2 Å². The van der Waals surface area contributed by atoms with E-state index in [1.54, 1.807) is 19.0 Å². The third-order valence-corrected chi connectivity index (χ3v) is 8.81. The number of nitrogens with one attached hydrogen (secondary N) is 3. The van der Waals surface area contributed by atoms with E-state index < -0.39 is 18.0 Å². The van der Waals surface area contributed by atoms with Gasteiger partial charge in [0.1, 0.15) is 5.69 Å². The molecule has 1 aromatic carbocycles. The van der Waals surface area contributed by atoms with E-state index >= 15 is 0 Å². The third-order valence-electron chi connectivity index (χ3n) is 7.73. The molecule has 1 saturated carbocycles. The van der Waals surface area contributed by atoms with E-state index in [9.17, 15) is 19.2 Å². The topological polar surface area (TPSA) is 128 Å². The first-order valence-electron chi connectivity index (χ1n) is 13.2. The maximum atomic E-state index is 13.4. The lowest BCUT2D eigenvalue weighted by molar-refractivity contribution is -0.134. The Balaban J connectivity index is 1.38. The molecule has 11 heteroatoms. The molecule has 10 nitrogen and oxygen atoms in total. The largest absolute Gasteiger partial charge is 0.350 e. The zero-order chi connectivity index (χ0) is 27.8. The maximum Gasteiger partial charge on any atom is 0.280 e. The van der Waals surface area contributed by atoms with E-state index in [1.807, 2.05) is 32.2 Å². The molecule has 39 heavy (non-hydrogen) atoms. The number of amides is 3. The van der Waals surface area contributed by atoms with E-state index in [1.165, 1.54) is 11.3 Å². The minimum absolute atomic E-state index is 0.000930. The van der Waals surface area contributed by atoms with Gasteiger partial charge in [0.15, 0.2) is 11.3 Å². The number of aromatic amines is 1. The zero-order valence-corrected chi connectivity index (χ0v) is 23.5. The molecule has 3 N–H and O–H groups in total. The second kappa shape index (κ2) is 10.9. The van der Waals surface area contributed by atoms with Crippen LogP contribution >= 0.6 is 11.3 Å². The molecule has 3 heterocycles. The van der Waals surface area contributed by atoms with Gasteiger partial charge in [0, 0.05) is 61.3 Å². The van der Waals surface area contributed by atoms with Gasteiger partial charge in [-0.1, -0.05) is 11.6 Å². The van der Waals surface area contributed by atoms with Gasteiger partial charge in [-0.2, -0.15) is 0 Å². The van der Waals surface area contributed by atoms with Crippen molar-refractivity contribution in [1.82, 2.24) is 30.4 Å². The van der Waals surface area contributed by atoms with Crippen molar-refractivity contribution in [3.63, 3.8) is 0 Å². The van der Waals surface area contributed by atoms with Crippen LogP contribution in [0.5, 0.6) is 0 Å². The van der Waals surface area contributed by atoms with E-state index in [0.717, 1.165) is 35.6 Å². The van der Waals surface area contributed by atoms with E-state index in [-0.39, 0.29) is 23.4 Å². The lowest BCUT2D eigenvalue weighted by Crippen LogP contribution is -2.56. The van der Waals surface area contributed by atoms with Crippen LogP contribution in [0.25, 0.3) is 10.9 Å². The number of thiazole rings is 1. The molecule has 1 aliphatic carbocycles. The number of hydrogen-bond donors (Lipinski definition) is 3. The molecule has 2 aromatic heterocycles. The lowest BCUT2D eigenvalue weighted by atomic mass is 9.81. The van der Waals surface area contributed by atoms with Crippen molar-refractivity contribution in [3.05, 3.63) is 50.6 Å². The van der Waals surface area contributed by atoms with Crippen molar-refractivity contribution in [3.8, 4) is 0 Å². The highest BCUT2D eigenvalue weighted by Crippen LogP contribution is 2.29. The summed E-state index contributed by atoms with van der Waals surface area (Å²) in [5, 5.41) is 7.21. The zero-order valence-electron chi connectivity index (χ0n) is 22.7. The van der Waals surface area contributed by atoms with Gasteiger partial charge in [-0.25, -0.2) is 4.98 Å². The summed E-state index contributed by atoms with van der Waals surface area (Å²) in [6.45, 7) is 3.60. The van der Waals surface area contributed by atoms with Gasteiger partial charge < -0.3 is 25.4 Å². The summed E-state index contributed by atoms with van der Waals surface area (Å²) in [4.78, 5) is 64.1. The van der Waals surface area contributed by atoms with Crippen LogP contribution in [0.1, 0.15) is 66.0 Å². The summed E-state index contributed by atoms with van der Waals surface area (Å²) in [5.74, 6) is -0.978. The Bertz CT molecular complexity index is 1440. The Morgan fingerprint density at radius 1 is 1.15 bits per heavy atom. The van der Waals surface area contributed by atoms with Gasteiger partial charge in [-0.3, -0.25) is 19.2 Å². The van der Waals surface area contributed by atoms with Crippen LogP contribution < -0.4 is 10.6 Å². The van der Waals surface area contributed by atoms with Crippen molar-refractivity contribution in [2.75, 3.05) is 27.7 Å². The summed E-state index contributed by atoms with van der Waals surface area (Å²) in [5.41, 5.74) is 3.16. The molecule has 3 amide bonds. The Kier molecular flexibility index (Phi) is 7.55. The maximum absolute atomic E-state index is 13.4. The molecule has 0 spiro atoms. The number of aromatic nitrogens is 2. The molecule has 206 valence electrons. The van der Waals surface area contributed by atoms with Crippen molar-refractivity contribution in [1.29, 1.82) is 0 Å². The average molecular weight is 551 g/mol. The highest BCUT2D eigenvalue weighted by molar-refractivity contribution is 7.13. The first-order chi connectivity index (χ1) is 18.6. The fraction of sp³-hybridized carbons (Fsp3) is 0.464. The number of nitrogens with zero attached hydrogens (tertiary/aromatic N) is 3. The lowest BCUT2D eigenvalue weighted by Gasteiger charge is -2.37. The molecule has 1 fully saturated rings. The van der Waals surface area contributed by atoms with Crippen LogP contribution in [0, 0.1) is 12.8 Å². The van der Waals surface area contributed by atoms with Gasteiger partial charge in [-0.15, -0.1) is 11.3 Å². The number of rotatable bonds is 6. The Morgan fingerprint density at radius 3 is 2.67 bits per heavy atom. The third kappa shape index (κ3) is 5.46. The number of carbonyl (C=O) groups excluding carboxylic acids is 4. The predicted molar refractivity (Wildman–Crippen MR) is 149 cm³/mol. The molecule has 1 aliphatic heterocycles. The Hall–Kier alpha value is -3.57. The van der Waals surface area contributed by atoms with Crippen LogP contribution in [-0.4, -0.2) is 83.5 Å². The molecule has 0 unspecified atom stereocenters. The molecule has 0 saturated heterocycles. The number of likely N-dealkylation sites (N-methyl/N-ethyl adjacent to an activating group) is 1. The smallest absolute Gasteiger partial charge is 0.280 e. The van der Waals surface area contributed by atoms with Crippen molar-refractivity contribution in [2.24, 2.45) is 5.92 Å². The van der Waals surface area contributed by atoms with Gasteiger partial charge >= 0.3 is 0 Å². The van der Waals surface area contributed by atoms with Crippen molar-refractivity contribution in [2.45, 2.75) is 51.2 Å². The normalized spacial score (nSPS) is 21.3. The number of aldehydes is 1. The number of hydrogen-bond acceptors (Lipinski definition) is 7. The fourth-order valence-corrected chi connectivity index (χ4v) is 6.70. The van der Waals surface area contributed by atoms with Crippen LogP contribution in [0.2, 0.25) is 0 Å². The summed E-state index contributed by atoms with van der Waals surface area (Å²) in [6, 6.07) is 4.75. The summed E-state index contributed by atoms with van der Waals surface area (Å²) >= 11 is 1.40. The molecule has 3 aromatic rings. The molecular weight excluding hydrogens is 516 g/mol. The molecule has 0 radical (unpaired) electrons. The SMILES string of the molecule is Cc1ccc2[nH]c(C(=O)N[C@H]3CC[C@H](C(=O)N(C)C)C[C@H]3NC(=O)c3nc4c(s3)CN(C)CC4)c(C=O)c2c1. The average Bonchev–Trinajstić information content (AvgIpc) is 3.49. The highest BCUT2D eigenvalue weighted by Gasteiger charge is 2.37. The summed E-state index contributed by atoms with van der Waals surface area (Å²) in [6.07, 6.45) is 2.99. The first-order valence-corrected chi connectivity index (χ1v) is 14.0. The van der Waals surface area contributed by atoms with E-state index in [4.69, 9.17) is 0 Å². The predicted octanol–water partition coefficient (Wildman–Crippen LogP) is 2.52. The van der Waals surface area contributed by atoms with Crippen LogP contribution in [0.4, 0.5) is 0 Å². The molecule has 0 bridgehead atoms. The highest BCUT2D eigenvalue weighted by atomic mass is 32.1. The van der Waals surface area contributed by atoms with Gasteiger partial charge in [0.05, 0.1) is 17.3 Å². The Morgan fingerprint density at radius 2 is 1.92 bits per heavy atom. The van der Waals surface area contributed by atoms with E-state index in [0.29, 0.717) is 47.0 Å². The minimum Gasteiger partial charge on any atom is -0.350 e. The second-order valence-corrected chi connectivity index (χ2v) is 11.9. The number of aryl methyl sites for hydroxylation is 1. The minimum atomic E-state index is -0.473. The van der Waals surface area contributed by atoms with E-state index in [2.05, 4.69) is 25.5 Å². The quantitative estimate of drug-likeness (QED) is 0.405. The number of H-pyrrole nitrogens is 1. The Labute approximate surface area is 231 Å². The fourth-order valence-electron chi connectivity index (χ4n) is 5.61. The summed E-state index contributed by atoms with van der Waals surface area (Å²) in [7, 11) is 5.49. The molecule has 2 aliphatic rings. The number of benzene rings is 1. The van der Waals surface area contributed by atoms with Gasteiger partial charge in [0.2, 0.25) is 5.91 Å². The van der Waals surface area contributed by atoms with Gasteiger partial charge in [0.25, 0.3) is 11.8 Å². The number of fused-ring (bicyclic) bond motifs is 2. The van der Waals surface area contributed by atoms with Crippen LogP contribution in [0.15, 0.2) is 18.2 Å². The molecule has 3 atom stereocenters. The monoisotopic (exact) mass is 550 g/mol. The van der Waals surface area contributed by atoms with Gasteiger partial charge in [-0.05, 0) is 45.4 Å². The van der Waals surface area contributed by atoms with Crippen molar-refractivity contribution < 1.29 is 19.2 Å². The molecule has 5 rings (SSSR count). The standard InChI is InChI=1S/C28H34N6O4S/c1-15-5-7-19-17(11-15)18(14-35)24(29-19)25(36)30-20-8-6-16(28(38)33(2)3)12-22(20)31-26(37)27-32-21-9-10-34(4)13-23(21)39-27/h5,7,11,14,16,20,22,29H,6,8-10,12-13H2,1-4H3,(H,30,36)(H,31,37)/t16-,20-,22+/m0/s1. The first kappa shape index (κ1) is 27.0. The summed E-state index contributed by atoms with van der Waals surface area (Å²) < 4.78 is 0. The molecular formula is C28H34N6O4S.